The highest BCUT2D eigenvalue weighted by molar-refractivity contribution is 5.59. The molecule has 2 atom stereocenters. The molecule has 0 spiro atoms. The molecule has 0 bridgehead atoms. The lowest BCUT2D eigenvalue weighted by molar-refractivity contribution is -0.226. The minimum absolute atomic E-state index is 0.00484. The Labute approximate surface area is 147 Å². The molecule has 1 fully saturated rings. The summed E-state index contributed by atoms with van der Waals surface area (Å²) >= 11 is 0. The van der Waals surface area contributed by atoms with E-state index < -0.39 is 0 Å². The molecule has 24 heavy (non-hydrogen) atoms. The van der Waals surface area contributed by atoms with Crippen LogP contribution in [0, 0.1) is 5.92 Å². The van der Waals surface area contributed by atoms with E-state index in [1.54, 1.807) is 0 Å². The number of nitrogens with zero attached hydrogens (tertiary/aromatic N) is 2. The molecular weight excluding hydrogens is 298 g/mol. The maximum absolute atomic E-state index is 6.50. The van der Waals surface area contributed by atoms with Crippen molar-refractivity contribution in [2.24, 2.45) is 11.0 Å². The molecule has 0 saturated carbocycles. The van der Waals surface area contributed by atoms with Crippen LogP contribution in [-0.4, -0.2) is 29.5 Å². The fourth-order valence-corrected chi connectivity index (χ4v) is 3.82. The maximum atomic E-state index is 6.50. The number of benzene rings is 1. The molecule has 1 saturated heterocycles. The van der Waals surface area contributed by atoms with Gasteiger partial charge in [-0.3, -0.25) is 4.84 Å². The van der Waals surface area contributed by atoms with Crippen molar-refractivity contribution in [3.8, 4) is 0 Å². The van der Waals surface area contributed by atoms with E-state index in [2.05, 4.69) is 73.6 Å². The molecule has 2 rings (SSSR count). The van der Waals surface area contributed by atoms with Crippen molar-refractivity contribution < 1.29 is 4.84 Å². The van der Waals surface area contributed by atoms with Gasteiger partial charge in [-0.1, -0.05) is 51.1 Å². The van der Waals surface area contributed by atoms with Gasteiger partial charge in [-0.2, -0.15) is 10.2 Å². The zero-order chi connectivity index (χ0) is 17.6. The lowest BCUT2D eigenvalue weighted by Gasteiger charge is -2.37. The van der Waals surface area contributed by atoms with E-state index in [1.165, 1.54) is 5.56 Å². The summed E-state index contributed by atoms with van der Waals surface area (Å²) in [5.41, 5.74) is 4.06. The highest BCUT2D eigenvalue weighted by Crippen LogP contribution is 2.46. The van der Waals surface area contributed by atoms with Crippen LogP contribution in [0.3, 0.4) is 0 Å². The molecule has 4 heteroatoms. The second-order valence-corrected chi connectivity index (χ2v) is 7.66. The number of rotatable bonds is 8. The first-order valence-corrected chi connectivity index (χ1v) is 9.12. The van der Waals surface area contributed by atoms with Crippen molar-refractivity contribution in [2.45, 2.75) is 71.1 Å². The Morgan fingerprint density at radius 1 is 1.33 bits per heavy atom. The van der Waals surface area contributed by atoms with Gasteiger partial charge in [0.25, 0.3) is 0 Å². The lowest BCUT2D eigenvalue weighted by Crippen LogP contribution is -2.44. The highest BCUT2D eigenvalue weighted by Gasteiger charge is 2.51. The van der Waals surface area contributed by atoms with E-state index in [0.29, 0.717) is 5.92 Å². The molecule has 4 nitrogen and oxygen atoms in total. The van der Waals surface area contributed by atoms with Crippen LogP contribution in [-0.2, 0) is 11.4 Å². The van der Waals surface area contributed by atoms with Gasteiger partial charge in [-0.25, -0.2) is 0 Å². The van der Waals surface area contributed by atoms with Crippen molar-refractivity contribution in [3.05, 3.63) is 35.9 Å². The molecule has 134 valence electrons. The molecular formula is C20H33N3O. The van der Waals surface area contributed by atoms with Gasteiger partial charge in [0, 0.05) is 26.2 Å². The first-order chi connectivity index (χ1) is 11.4. The lowest BCUT2D eigenvalue weighted by atomic mass is 9.78. The third-order valence-corrected chi connectivity index (χ3v) is 4.96. The summed E-state index contributed by atoms with van der Waals surface area (Å²) in [7, 11) is 1.84. The molecule has 0 aliphatic carbocycles. The summed E-state index contributed by atoms with van der Waals surface area (Å²) in [6, 6.07) is 10.6. The average molecular weight is 332 g/mol. The van der Waals surface area contributed by atoms with Crippen LogP contribution in [0.15, 0.2) is 35.4 Å². The van der Waals surface area contributed by atoms with Crippen LogP contribution in [0.2, 0.25) is 0 Å². The van der Waals surface area contributed by atoms with Crippen LogP contribution < -0.4 is 5.43 Å². The van der Waals surface area contributed by atoms with Gasteiger partial charge < -0.3 is 5.43 Å². The molecule has 0 aromatic heterocycles. The average Bonchev–Trinajstić information content (AvgIpc) is 2.81. The van der Waals surface area contributed by atoms with E-state index in [0.717, 1.165) is 32.2 Å². The molecule has 0 amide bonds. The van der Waals surface area contributed by atoms with Crippen molar-refractivity contribution in [2.75, 3.05) is 7.05 Å². The van der Waals surface area contributed by atoms with Gasteiger partial charge in [0.15, 0.2) is 0 Å². The highest BCUT2D eigenvalue weighted by atomic mass is 16.7. The minimum Gasteiger partial charge on any atom is -0.313 e. The third kappa shape index (κ3) is 4.58. The smallest absolute Gasteiger partial charge is 0.0888 e. The summed E-state index contributed by atoms with van der Waals surface area (Å²) in [5.74, 6) is 0.606. The van der Waals surface area contributed by atoms with Gasteiger partial charge >= 0.3 is 0 Å². The van der Waals surface area contributed by atoms with Gasteiger partial charge in [0.1, 0.15) is 0 Å². The van der Waals surface area contributed by atoms with Gasteiger partial charge in [0.05, 0.1) is 11.1 Å². The number of hydrazone groups is 1. The SMILES string of the molecule is CCC1(C)C[C@@](C/C=N/NC)(CC(C)C)N(Cc2ccccc2)O1. The second kappa shape index (κ2) is 8.13. The quantitative estimate of drug-likeness (QED) is 0.567. The van der Waals surface area contributed by atoms with Crippen molar-refractivity contribution in [1.82, 2.24) is 10.5 Å². The Morgan fingerprint density at radius 3 is 2.62 bits per heavy atom. The number of hydrogen-bond acceptors (Lipinski definition) is 4. The van der Waals surface area contributed by atoms with Gasteiger partial charge in [0.2, 0.25) is 0 Å². The molecule has 1 N–H and O–H groups in total. The molecule has 1 aliphatic heterocycles. The van der Waals surface area contributed by atoms with Crippen molar-refractivity contribution >= 4 is 6.21 Å². The van der Waals surface area contributed by atoms with E-state index in [-0.39, 0.29) is 11.1 Å². The fourth-order valence-electron chi connectivity index (χ4n) is 3.82. The fraction of sp³-hybridized carbons (Fsp3) is 0.650. The van der Waals surface area contributed by atoms with Crippen molar-refractivity contribution in [3.63, 3.8) is 0 Å². The predicted molar refractivity (Wildman–Crippen MR) is 101 cm³/mol. The Kier molecular flexibility index (Phi) is 6.41. The molecule has 1 aromatic rings. The predicted octanol–water partition coefficient (Wildman–Crippen LogP) is 4.37. The second-order valence-electron chi connectivity index (χ2n) is 7.66. The Balaban J connectivity index is 2.31. The Morgan fingerprint density at radius 2 is 2.04 bits per heavy atom. The number of hydrogen-bond donors (Lipinski definition) is 1. The van der Waals surface area contributed by atoms with Crippen LogP contribution >= 0.6 is 0 Å². The van der Waals surface area contributed by atoms with E-state index in [9.17, 15) is 0 Å². The van der Waals surface area contributed by atoms with Gasteiger partial charge in [-0.15, -0.1) is 0 Å². The van der Waals surface area contributed by atoms with Crippen LogP contribution in [0.4, 0.5) is 0 Å². The summed E-state index contributed by atoms with van der Waals surface area (Å²) in [5, 5.41) is 6.49. The standard InChI is InChI=1S/C20H33N3O/c1-6-19(4)16-20(14-17(2)3,12-13-22-21-5)23(24-19)15-18-10-8-7-9-11-18/h7-11,13,17,21H,6,12,14-16H2,1-5H3/b22-13+/t19?,20-/m1/s1. The van der Waals surface area contributed by atoms with Crippen LogP contribution in [0.5, 0.6) is 0 Å². The molecule has 1 unspecified atom stereocenters. The molecule has 1 heterocycles. The van der Waals surface area contributed by atoms with Gasteiger partial charge in [-0.05, 0) is 37.7 Å². The van der Waals surface area contributed by atoms with E-state index >= 15 is 0 Å². The van der Waals surface area contributed by atoms with E-state index in [4.69, 9.17) is 4.84 Å². The van der Waals surface area contributed by atoms with Crippen LogP contribution in [0.1, 0.15) is 58.9 Å². The first-order valence-electron chi connectivity index (χ1n) is 9.12. The summed E-state index contributed by atoms with van der Waals surface area (Å²) in [6.45, 7) is 9.85. The zero-order valence-corrected chi connectivity index (χ0v) is 15.9. The third-order valence-electron chi connectivity index (χ3n) is 4.96. The maximum Gasteiger partial charge on any atom is 0.0888 e. The zero-order valence-electron chi connectivity index (χ0n) is 15.9. The molecule has 0 radical (unpaired) electrons. The minimum atomic E-state index is -0.100. The first kappa shape index (κ1) is 18.9. The number of hydroxylamine groups is 2. The summed E-state index contributed by atoms with van der Waals surface area (Å²) < 4.78 is 0. The molecule has 1 aromatic carbocycles. The van der Waals surface area contributed by atoms with E-state index in [1.807, 2.05) is 13.3 Å². The normalized spacial score (nSPS) is 28.1. The van der Waals surface area contributed by atoms with Crippen LogP contribution in [0.25, 0.3) is 0 Å². The monoisotopic (exact) mass is 331 g/mol. The molecule has 1 aliphatic rings. The van der Waals surface area contributed by atoms with Crippen molar-refractivity contribution in [1.29, 1.82) is 0 Å². The summed E-state index contributed by atoms with van der Waals surface area (Å²) in [6.07, 6.45) is 6.06. The largest absolute Gasteiger partial charge is 0.313 e. The Hall–Kier alpha value is -1.39. The summed E-state index contributed by atoms with van der Waals surface area (Å²) in [4.78, 5) is 6.50. The topological polar surface area (TPSA) is 36.9 Å². The number of nitrogens with one attached hydrogen (secondary N) is 1. The Bertz CT molecular complexity index is 531.